The number of carbonyl (C=O) groups excluding carboxylic acids is 6. The Morgan fingerprint density at radius 1 is 0.448 bits per heavy atom. The molecule has 10 aliphatic rings. The van der Waals surface area contributed by atoms with Gasteiger partial charge in [-0.2, -0.15) is 11.8 Å². The zero-order valence-electron chi connectivity index (χ0n) is 68.6. The number of benzene rings is 1. The van der Waals surface area contributed by atoms with E-state index in [1.165, 1.54) is 18.2 Å². The van der Waals surface area contributed by atoms with Crippen LogP contribution in [0.25, 0.3) is 0 Å². The summed E-state index contributed by atoms with van der Waals surface area (Å²) < 4.78 is 69.0. The lowest BCUT2D eigenvalue weighted by Crippen LogP contribution is -2.68. The van der Waals surface area contributed by atoms with E-state index in [1.807, 2.05) is 0 Å². The molecule has 0 spiro atoms. The van der Waals surface area contributed by atoms with Crippen molar-refractivity contribution < 1.29 is 178 Å². The van der Waals surface area contributed by atoms with Crippen LogP contribution in [0.3, 0.4) is 0 Å². The molecular weight excluding hydrogens is 1690 g/mol. The predicted octanol–water partition coefficient (Wildman–Crippen LogP) is -11.9. The van der Waals surface area contributed by atoms with Crippen molar-refractivity contribution in [1.29, 1.82) is 0 Å². The van der Waals surface area contributed by atoms with E-state index in [0.29, 0.717) is 82.3 Å². The van der Waals surface area contributed by atoms with Gasteiger partial charge in [0.05, 0.1) is 76.2 Å². The monoisotopic (exact) mass is 1810 g/mol. The standard InChI is InChI=1S/C75H121N13O36S/c1-32(95)78-49-53(100)51(98)40(25-89)115-69(49)121-63-44(29-93)119-73(61(108)57(63)104)123-65-42(27-91)117-71(59(106)55(65)102)113-16-10-4-3-8-14-87-23-37(83-85-87)21-76-67(110)34-18-35(20-36(19-34)80-47(97)13-7-6-12-46-48-39(31-125-46)81-75(112)82-48)68(111)77-22-38-24-88(86-84-38)15-9-5-11-17-114-72-60(107)56(103)66(43(28-92)118-72)124-74-62(109)58(105)64(45(30-94)120-74)122-70-50(79-33(2)96)54(101)52(99)41(26-90)116-70/h18-20,23-24,39-46,48-66,69-74,83-86,89-94,98-109H,3-17,21-22,25-31H2,1-2H3,(H,76,110)(H,77,111)(H,78,95)(H,79,96)(H,80,97)(H2,81,82,112)/t39-,40?,41?,42?,43?,44?,45?,46-,48-,49?,50?,51+,52+,53-,54-,55?,56?,57-,58-,59+,60+,61?,62?,63+,64+,65-,66-,69+,70+,71-,72-,73+,74+/m1/s1. The molecule has 0 bridgehead atoms. The highest BCUT2D eigenvalue weighted by molar-refractivity contribution is 8.00. The summed E-state index contributed by atoms with van der Waals surface area (Å²) in [4.78, 5) is 77.3. The number of unbranched alkanes of at least 4 members (excludes halogenated alkanes) is 6. The molecule has 0 radical (unpaired) electrons. The number of ether oxygens (including phenoxy) is 12. The topological polar surface area (TPSA) is 716 Å². The number of hydrogen-bond donors (Lipinski definition) is 29. The van der Waals surface area contributed by atoms with Crippen molar-refractivity contribution in [1.82, 2.24) is 63.8 Å². The van der Waals surface area contributed by atoms with Crippen molar-refractivity contribution in [2.24, 2.45) is 0 Å². The highest BCUT2D eigenvalue weighted by atomic mass is 32.2. The van der Waals surface area contributed by atoms with Crippen molar-refractivity contribution in [3.05, 3.63) is 53.1 Å². The smallest absolute Gasteiger partial charge is 0.315 e. The Hall–Kier alpha value is -6.41. The van der Waals surface area contributed by atoms with Crippen LogP contribution in [-0.4, -0.2) is 424 Å². The van der Waals surface area contributed by atoms with Crippen molar-refractivity contribution in [3.8, 4) is 0 Å². The Balaban J connectivity index is 0.595. The van der Waals surface area contributed by atoms with Crippen LogP contribution in [0, 0.1) is 0 Å². The van der Waals surface area contributed by atoms with Gasteiger partial charge >= 0.3 is 6.03 Å². The molecule has 10 heterocycles. The fraction of sp³-hybridized carbons (Fsp3) is 0.787. The maximum atomic E-state index is 14.0. The van der Waals surface area contributed by atoms with E-state index in [4.69, 9.17) is 56.8 Å². The van der Waals surface area contributed by atoms with E-state index in [2.05, 4.69) is 59.1 Å². The number of hydrogen-bond acceptors (Lipinski definition) is 43. The summed E-state index contributed by atoms with van der Waals surface area (Å²) in [6.07, 6.45) is -37.2. The Bertz CT molecular complexity index is 3710. The van der Waals surface area contributed by atoms with E-state index < -0.39 is 247 Å². The number of amides is 7. The van der Waals surface area contributed by atoms with Crippen LogP contribution in [0.1, 0.15) is 105 Å². The number of rotatable bonds is 43. The van der Waals surface area contributed by atoms with Gasteiger partial charge in [-0.25, -0.2) is 4.79 Å². The molecule has 1 aromatic rings. The first-order chi connectivity index (χ1) is 59.9. The molecule has 8 saturated heterocycles. The number of hydrazine groups is 4. The van der Waals surface area contributed by atoms with Gasteiger partial charge in [0.25, 0.3) is 11.8 Å². The number of urea groups is 1. The Kier molecular flexibility index (Phi) is 37.2. The van der Waals surface area contributed by atoms with Crippen LogP contribution >= 0.6 is 11.8 Å². The number of anilines is 1. The largest absolute Gasteiger partial charge is 0.394 e. The molecule has 50 heteroatoms. The van der Waals surface area contributed by atoms with E-state index in [0.717, 1.165) is 26.0 Å². The van der Waals surface area contributed by atoms with Gasteiger partial charge in [-0.1, -0.05) is 19.3 Å². The molecule has 0 saturated carbocycles. The quantitative estimate of drug-likeness (QED) is 0.0213. The summed E-state index contributed by atoms with van der Waals surface area (Å²) in [6.45, 7) is -1.65. The minimum Gasteiger partial charge on any atom is -0.394 e. The zero-order valence-corrected chi connectivity index (χ0v) is 69.4. The van der Waals surface area contributed by atoms with Gasteiger partial charge in [0, 0.05) is 86.8 Å². The molecule has 7 amide bonds. The van der Waals surface area contributed by atoms with E-state index >= 15 is 0 Å². The molecular formula is C75H121N13O36S. The molecule has 49 nitrogen and oxygen atoms in total. The van der Waals surface area contributed by atoms with Gasteiger partial charge in [0.15, 0.2) is 37.7 Å². The highest BCUT2D eigenvalue weighted by Gasteiger charge is 2.57. The minimum atomic E-state index is -2.01. The fourth-order valence-electron chi connectivity index (χ4n) is 16.1. The molecule has 33 atom stereocenters. The third kappa shape index (κ3) is 25.4. The van der Waals surface area contributed by atoms with Gasteiger partial charge < -0.3 is 197 Å². The Morgan fingerprint density at radius 2 is 0.832 bits per heavy atom. The highest BCUT2D eigenvalue weighted by Crippen LogP contribution is 2.38. The molecule has 29 N–H and O–H groups in total. The normalized spacial score (nSPS) is 37.7. The van der Waals surface area contributed by atoms with E-state index in [1.54, 1.807) is 34.2 Å². The SMILES string of the molecule is CC(=O)NC1[C@H](O[C@H]2C(CO)O[C@@H](O[C@@H]3C(CO)O[C@@H](OCCCCCCN4C=C(CNC(=O)c5cc(NC(=O)CCCC[C@H]6SC[C@H]7NC(=O)N[C@H]76)cc(C(=O)NCC6=CN(CCCCCO[C@@H]7OC(CO)[C@@H](O[C@@H]8OC(CO)[C@H](O[C@@H]9OC(CO)[C@H](O)[C@H](O)C9NC(C)=O)[C@H](O)C8O)C(O)[C@@H]7O)NN6)c5)NN4)[C@@H](O)C3O)C(O)[C@H]2O)OC(CO)[C@H](O)[C@@H]1O. The maximum Gasteiger partial charge on any atom is 0.315 e. The van der Waals surface area contributed by atoms with Gasteiger partial charge in [-0.05, 0) is 63.1 Å². The zero-order chi connectivity index (χ0) is 90.0. The number of aliphatic hydroxyl groups is 18. The molecule has 8 fully saturated rings. The first-order valence-electron chi connectivity index (χ1n) is 41.8. The molecule has 708 valence electrons. The maximum absolute atomic E-state index is 14.0. The average molecular weight is 1810 g/mol. The number of carbonyl (C=O) groups is 6. The van der Waals surface area contributed by atoms with E-state index in [9.17, 15) is 121 Å². The number of thioether (sulfide) groups is 1. The number of nitrogens with one attached hydrogen (secondary N) is 11. The lowest BCUT2D eigenvalue weighted by molar-refractivity contribution is -0.374. The average Bonchev–Trinajstić information content (AvgIpc) is 1.58. The van der Waals surface area contributed by atoms with Crippen molar-refractivity contribution in [2.75, 3.05) is 90.1 Å². The summed E-state index contributed by atoms with van der Waals surface area (Å²) in [5.74, 6) is -2.03. The Morgan fingerprint density at radius 3 is 1.25 bits per heavy atom. The number of aliphatic hydroxyl groups excluding tert-OH is 18. The minimum absolute atomic E-state index is 0.000306. The van der Waals surface area contributed by atoms with Gasteiger partial charge in [0.2, 0.25) is 17.7 Å². The third-order valence-electron chi connectivity index (χ3n) is 22.9. The van der Waals surface area contributed by atoms with Crippen molar-refractivity contribution in [2.45, 2.75) is 286 Å². The second-order valence-electron chi connectivity index (χ2n) is 32.1. The molecule has 12 unspecified atom stereocenters. The van der Waals surface area contributed by atoms with E-state index in [-0.39, 0.29) is 78.8 Å². The van der Waals surface area contributed by atoms with Crippen LogP contribution in [0.2, 0.25) is 0 Å². The summed E-state index contributed by atoms with van der Waals surface area (Å²) in [6, 6.07) is 1.31. The van der Waals surface area contributed by atoms with Gasteiger partial charge in [-0.15, -0.1) is 11.1 Å². The lowest BCUT2D eigenvalue weighted by Gasteiger charge is -2.48. The second kappa shape index (κ2) is 46.9. The lowest BCUT2D eigenvalue weighted by atomic mass is 9.95. The predicted molar refractivity (Wildman–Crippen MR) is 421 cm³/mol. The Labute approximate surface area is 720 Å². The summed E-state index contributed by atoms with van der Waals surface area (Å²) >= 11 is 1.77. The summed E-state index contributed by atoms with van der Waals surface area (Å²) in [7, 11) is 0. The third-order valence-corrected chi connectivity index (χ3v) is 24.4. The first kappa shape index (κ1) is 99.2. The summed E-state index contributed by atoms with van der Waals surface area (Å²) in [5.41, 5.74) is 13.5. The fourth-order valence-corrected chi connectivity index (χ4v) is 17.6. The summed E-state index contributed by atoms with van der Waals surface area (Å²) in [5, 5.41) is 216. The number of fused-ring (bicyclic) bond motifs is 1. The van der Waals surface area contributed by atoms with Crippen LogP contribution in [0.4, 0.5) is 10.5 Å². The van der Waals surface area contributed by atoms with Crippen LogP contribution < -0.4 is 59.1 Å². The van der Waals surface area contributed by atoms with Crippen LogP contribution in [0.5, 0.6) is 0 Å². The van der Waals surface area contributed by atoms with Gasteiger partial charge in [-0.3, -0.25) is 34.0 Å². The first-order valence-corrected chi connectivity index (χ1v) is 42.8. The van der Waals surface area contributed by atoms with Gasteiger partial charge in [0.1, 0.15) is 146 Å². The molecule has 11 rings (SSSR count). The van der Waals surface area contributed by atoms with Crippen LogP contribution in [0.15, 0.2) is 42.0 Å². The number of nitrogens with zero attached hydrogens (tertiary/aromatic N) is 2. The van der Waals surface area contributed by atoms with Crippen molar-refractivity contribution in [3.63, 3.8) is 0 Å². The molecule has 0 aliphatic carbocycles. The second-order valence-corrected chi connectivity index (χ2v) is 33.3. The molecule has 1 aromatic carbocycles. The molecule has 10 aliphatic heterocycles. The molecule has 125 heavy (non-hydrogen) atoms. The molecule has 0 aromatic heterocycles. The van der Waals surface area contributed by atoms with Crippen LogP contribution in [-0.2, 0) is 71.2 Å². The van der Waals surface area contributed by atoms with Crippen molar-refractivity contribution >= 4 is 53.0 Å².